The standard InChI is InChI=1S/C13H10O4/c1-8(13(15)16)6-9-2-3-10-4-5-12(14)17-11(10)7-9/h2-5,7H,1,6H2,(H,15,16). The summed E-state index contributed by atoms with van der Waals surface area (Å²) in [5, 5.41) is 9.53. The zero-order valence-electron chi connectivity index (χ0n) is 8.97. The number of hydrogen-bond donors (Lipinski definition) is 1. The first-order valence-electron chi connectivity index (χ1n) is 5.00. The highest BCUT2D eigenvalue weighted by atomic mass is 16.4. The quantitative estimate of drug-likeness (QED) is 0.646. The molecule has 1 aromatic heterocycles. The third-order valence-corrected chi connectivity index (χ3v) is 2.41. The number of hydrogen-bond acceptors (Lipinski definition) is 3. The van der Waals surface area contributed by atoms with Gasteiger partial charge in [0.15, 0.2) is 0 Å². The molecule has 1 aromatic carbocycles. The minimum atomic E-state index is -1.03. The molecular weight excluding hydrogens is 220 g/mol. The summed E-state index contributed by atoms with van der Waals surface area (Å²) < 4.78 is 5.01. The van der Waals surface area contributed by atoms with Crippen molar-refractivity contribution in [2.45, 2.75) is 6.42 Å². The van der Waals surface area contributed by atoms with Gasteiger partial charge in [-0.1, -0.05) is 18.7 Å². The van der Waals surface area contributed by atoms with Crippen molar-refractivity contribution in [1.29, 1.82) is 0 Å². The van der Waals surface area contributed by atoms with Crippen molar-refractivity contribution in [3.05, 3.63) is 58.5 Å². The molecule has 0 unspecified atom stereocenters. The average molecular weight is 230 g/mol. The highest BCUT2D eigenvalue weighted by molar-refractivity contribution is 5.86. The van der Waals surface area contributed by atoms with Crippen molar-refractivity contribution in [2.75, 3.05) is 0 Å². The van der Waals surface area contributed by atoms with Crippen molar-refractivity contribution in [3.63, 3.8) is 0 Å². The van der Waals surface area contributed by atoms with Crippen LogP contribution in [0.3, 0.4) is 0 Å². The molecule has 0 aliphatic carbocycles. The van der Waals surface area contributed by atoms with Gasteiger partial charge >= 0.3 is 11.6 Å². The van der Waals surface area contributed by atoms with Crippen molar-refractivity contribution < 1.29 is 14.3 Å². The molecule has 17 heavy (non-hydrogen) atoms. The molecular formula is C13H10O4. The fourth-order valence-electron chi connectivity index (χ4n) is 1.54. The van der Waals surface area contributed by atoms with Crippen molar-refractivity contribution in [3.8, 4) is 0 Å². The van der Waals surface area contributed by atoms with E-state index >= 15 is 0 Å². The van der Waals surface area contributed by atoms with E-state index in [1.165, 1.54) is 6.07 Å². The Labute approximate surface area is 96.8 Å². The van der Waals surface area contributed by atoms with E-state index in [1.54, 1.807) is 24.3 Å². The first-order chi connectivity index (χ1) is 8.06. The summed E-state index contributed by atoms with van der Waals surface area (Å²) in [6.07, 6.45) is 0.226. The molecule has 0 atom stereocenters. The van der Waals surface area contributed by atoms with Crippen LogP contribution in [0.15, 0.2) is 51.7 Å². The first-order valence-corrected chi connectivity index (χ1v) is 5.00. The number of carboxylic acid groups (broad SMARTS) is 1. The summed E-state index contributed by atoms with van der Waals surface area (Å²) in [5.74, 6) is -1.03. The Morgan fingerprint density at radius 3 is 2.71 bits per heavy atom. The van der Waals surface area contributed by atoms with Gasteiger partial charge in [0.1, 0.15) is 5.58 Å². The van der Waals surface area contributed by atoms with Crippen LogP contribution in [0.5, 0.6) is 0 Å². The van der Waals surface area contributed by atoms with Gasteiger partial charge in [0, 0.05) is 23.4 Å². The number of aliphatic carboxylic acids is 1. The molecule has 4 nitrogen and oxygen atoms in total. The second-order valence-corrected chi connectivity index (χ2v) is 3.71. The Balaban J connectivity index is 2.40. The molecule has 0 radical (unpaired) electrons. The average Bonchev–Trinajstić information content (AvgIpc) is 2.28. The summed E-state index contributed by atoms with van der Waals surface area (Å²) in [5.41, 5.74) is 0.877. The maximum absolute atomic E-state index is 11.0. The lowest BCUT2D eigenvalue weighted by molar-refractivity contribution is -0.132. The fourth-order valence-corrected chi connectivity index (χ4v) is 1.54. The van der Waals surface area contributed by atoms with Crippen molar-refractivity contribution >= 4 is 16.9 Å². The zero-order valence-corrected chi connectivity index (χ0v) is 8.97. The summed E-state index contributed by atoms with van der Waals surface area (Å²) in [7, 11) is 0. The summed E-state index contributed by atoms with van der Waals surface area (Å²) in [6.45, 7) is 3.46. The van der Waals surface area contributed by atoms with Gasteiger partial charge in [-0.15, -0.1) is 0 Å². The zero-order chi connectivity index (χ0) is 12.4. The molecule has 0 saturated carbocycles. The SMILES string of the molecule is C=C(Cc1ccc2ccc(=O)oc2c1)C(=O)O. The van der Waals surface area contributed by atoms with Crippen LogP contribution in [-0.4, -0.2) is 11.1 Å². The van der Waals surface area contributed by atoms with Crippen LogP contribution in [0.1, 0.15) is 5.56 Å². The third-order valence-electron chi connectivity index (χ3n) is 2.41. The monoisotopic (exact) mass is 230 g/mol. The van der Waals surface area contributed by atoms with Crippen molar-refractivity contribution in [2.24, 2.45) is 0 Å². The molecule has 0 saturated heterocycles. The minimum absolute atomic E-state index is 0.0997. The molecule has 1 heterocycles. The van der Waals surface area contributed by atoms with E-state index in [0.717, 1.165) is 10.9 Å². The minimum Gasteiger partial charge on any atom is -0.478 e. The second-order valence-electron chi connectivity index (χ2n) is 3.71. The van der Waals surface area contributed by atoms with Crippen LogP contribution >= 0.6 is 0 Å². The maximum atomic E-state index is 11.0. The molecule has 1 N–H and O–H groups in total. The van der Waals surface area contributed by atoms with E-state index in [1.807, 2.05) is 0 Å². The summed E-state index contributed by atoms with van der Waals surface area (Å²) in [4.78, 5) is 21.7. The van der Waals surface area contributed by atoms with Gasteiger partial charge in [0.25, 0.3) is 0 Å². The Morgan fingerprint density at radius 2 is 2.00 bits per heavy atom. The number of fused-ring (bicyclic) bond motifs is 1. The van der Waals surface area contributed by atoms with Gasteiger partial charge in [-0.2, -0.15) is 0 Å². The van der Waals surface area contributed by atoms with Gasteiger partial charge in [0.05, 0.1) is 0 Å². The Hall–Kier alpha value is -2.36. The summed E-state index contributed by atoms with van der Waals surface area (Å²) in [6, 6.07) is 8.24. The molecule has 2 aromatic rings. The van der Waals surface area contributed by atoms with Crippen LogP contribution in [0.2, 0.25) is 0 Å². The van der Waals surface area contributed by atoms with E-state index in [-0.39, 0.29) is 12.0 Å². The summed E-state index contributed by atoms with van der Waals surface area (Å²) >= 11 is 0. The van der Waals surface area contributed by atoms with Gasteiger partial charge in [-0.3, -0.25) is 0 Å². The largest absolute Gasteiger partial charge is 0.478 e. The molecule has 86 valence electrons. The van der Waals surface area contributed by atoms with Crippen LogP contribution in [0.4, 0.5) is 0 Å². The van der Waals surface area contributed by atoms with Crippen LogP contribution in [0.25, 0.3) is 11.0 Å². The predicted octanol–water partition coefficient (Wildman–Crippen LogP) is 1.98. The van der Waals surface area contributed by atoms with E-state index in [0.29, 0.717) is 5.58 Å². The third kappa shape index (κ3) is 2.42. The molecule has 0 aliphatic rings. The van der Waals surface area contributed by atoms with Gasteiger partial charge in [0.2, 0.25) is 0 Å². The molecule has 0 bridgehead atoms. The van der Waals surface area contributed by atoms with E-state index in [9.17, 15) is 9.59 Å². The van der Waals surface area contributed by atoms with Gasteiger partial charge < -0.3 is 9.52 Å². The highest BCUT2D eigenvalue weighted by Gasteiger charge is 2.06. The maximum Gasteiger partial charge on any atom is 0.336 e. The van der Waals surface area contributed by atoms with Crippen LogP contribution < -0.4 is 5.63 Å². The normalized spacial score (nSPS) is 10.4. The molecule has 4 heteroatoms. The fraction of sp³-hybridized carbons (Fsp3) is 0.0769. The lowest BCUT2D eigenvalue weighted by Crippen LogP contribution is -2.02. The molecule has 2 rings (SSSR count). The predicted molar refractivity (Wildman–Crippen MR) is 63.0 cm³/mol. The number of carbonyl (C=O) groups is 1. The Bertz CT molecular complexity index is 652. The van der Waals surface area contributed by atoms with Crippen LogP contribution in [0, 0.1) is 0 Å². The molecule has 0 spiro atoms. The molecule has 0 amide bonds. The number of benzene rings is 1. The topological polar surface area (TPSA) is 67.5 Å². The second kappa shape index (κ2) is 4.25. The Morgan fingerprint density at radius 1 is 1.29 bits per heavy atom. The van der Waals surface area contributed by atoms with E-state index in [2.05, 4.69) is 6.58 Å². The van der Waals surface area contributed by atoms with Gasteiger partial charge in [-0.25, -0.2) is 9.59 Å². The van der Waals surface area contributed by atoms with Crippen LogP contribution in [-0.2, 0) is 11.2 Å². The van der Waals surface area contributed by atoms with E-state index in [4.69, 9.17) is 9.52 Å². The van der Waals surface area contributed by atoms with Crippen molar-refractivity contribution in [1.82, 2.24) is 0 Å². The molecule has 0 fully saturated rings. The molecule has 0 aliphatic heterocycles. The first kappa shape index (κ1) is 11.1. The smallest absolute Gasteiger partial charge is 0.336 e. The Kier molecular flexibility index (Phi) is 2.78. The number of carboxylic acids is 1. The number of rotatable bonds is 3. The lowest BCUT2D eigenvalue weighted by Gasteiger charge is -2.02. The highest BCUT2D eigenvalue weighted by Crippen LogP contribution is 2.16. The van der Waals surface area contributed by atoms with E-state index < -0.39 is 11.6 Å². The van der Waals surface area contributed by atoms with Gasteiger partial charge in [-0.05, 0) is 17.7 Å². The lowest BCUT2D eigenvalue weighted by atomic mass is 10.1.